The van der Waals surface area contributed by atoms with Gasteiger partial charge in [0.1, 0.15) is 6.54 Å². The van der Waals surface area contributed by atoms with Crippen molar-refractivity contribution in [3.05, 3.63) is 78.9 Å². The molecule has 1 amide bonds. The van der Waals surface area contributed by atoms with Gasteiger partial charge < -0.3 is 5.32 Å². The number of rotatable bonds is 6. The van der Waals surface area contributed by atoms with Gasteiger partial charge in [-0.1, -0.05) is 54.6 Å². The zero-order chi connectivity index (χ0) is 22.5. The van der Waals surface area contributed by atoms with E-state index in [4.69, 9.17) is 0 Å². The predicted molar refractivity (Wildman–Crippen MR) is 114 cm³/mol. The third-order valence-corrected chi connectivity index (χ3v) is 6.23. The first-order chi connectivity index (χ1) is 14.6. The van der Waals surface area contributed by atoms with E-state index in [2.05, 4.69) is 5.32 Å². The standard InChI is InChI=1S/C21H17F3N2O3S2/c22-21(23,24)14-25-31(28,29)17-11-12-18(15-7-3-1-4-8-15)19(13-17)26-20(27)30-16-9-5-2-6-10-16/h1-13,25H,14H2,(H,26,27). The van der Waals surface area contributed by atoms with Gasteiger partial charge in [0.05, 0.1) is 10.6 Å². The summed E-state index contributed by atoms with van der Waals surface area (Å²) in [5.41, 5.74) is 1.39. The number of hydrogen-bond donors (Lipinski definition) is 2. The summed E-state index contributed by atoms with van der Waals surface area (Å²) in [7, 11) is -4.44. The molecule has 0 heterocycles. The first kappa shape index (κ1) is 22.9. The Balaban J connectivity index is 1.93. The van der Waals surface area contributed by atoms with Gasteiger partial charge in [-0.2, -0.15) is 13.2 Å². The van der Waals surface area contributed by atoms with Crippen LogP contribution in [0.3, 0.4) is 0 Å². The summed E-state index contributed by atoms with van der Waals surface area (Å²) in [5, 5.41) is 2.18. The molecule has 3 aromatic rings. The lowest BCUT2D eigenvalue weighted by Gasteiger charge is -2.14. The highest BCUT2D eigenvalue weighted by atomic mass is 32.2. The Morgan fingerprint density at radius 1 is 0.903 bits per heavy atom. The van der Waals surface area contributed by atoms with Crippen LogP contribution in [-0.4, -0.2) is 26.4 Å². The molecular formula is C21H17F3N2O3S2. The number of sulfonamides is 1. The second-order valence-corrected chi connectivity index (χ2v) is 9.15. The maximum absolute atomic E-state index is 12.5. The molecule has 2 N–H and O–H groups in total. The van der Waals surface area contributed by atoms with Gasteiger partial charge in [-0.25, -0.2) is 13.1 Å². The Morgan fingerprint density at radius 2 is 1.52 bits per heavy atom. The SMILES string of the molecule is O=C(Nc1cc(S(=O)(=O)NCC(F)(F)F)ccc1-c1ccccc1)Sc1ccccc1. The van der Waals surface area contributed by atoms with Crippen LogP contribution in [0.4, 0.5) is 23.7 Å². The van der Waals surface area contributed by atoms with Crippen molar-refractivity contribution in [3.8, 4) is 11.1 Å². The van der Waals surface area contributed by atoms with Gasteiger partial charge in [-0.3, -0.25) is 4.79 Å². The van der Waals surface area contributed by atoms with E-state index in [9.17, 15) is 26.4 Å². The first-order valence-corrected chi connectivity index (χ1v) is 11.2. The van der Waals surface area contributed by atoms with Crippen molar-refractivity contribution in [1.82, 2.24) is 4.72 Å². The summed E-state index contributed by atoms with van der Waals surface area (Å²) in [5.74, 6) is 0. The number of alkyl halides is 3. The summed E-state index contributed by atoms with van der Waals surface area (Å²) in [6, 6.07) is 21.5. The molecule has 0 radical (unpaired) electrons. The van der Waals surface area contributed by atoms with Crippen molar-refractivity contribution in [2.45, 2.75) is 16.0 Å². The van der Waals surface area contributed by atoms with Crippen LogP contribution in [0.15, 0.2) is 88.7 Å². The van der Waals surface area contributed by atoms with Crippen LogP contribution in [0.1, 0.15) is 0 Å². The van der Waals surface area contributed by atoms with Crippen molar-refractivity contribution < 1.29 is 26.4 Å². The van der Waals surface area contributed by atoms with Gasteiger partial charge >= 0.3 is 6.18 Å². The molecule has 5 nitrogen and oxygen atoms in total. The van der Waals surface area contributed by atoms with Crippen molar-refractivity contribution >= 4 is 32.7 Å². The molecule has 0 saturated carbocycles. The van der Waals surface area contributed by atoms with Gasteiger partial charge in [0.25, 0.3) is 5.24 Å². The van der Waals surface area contributed by atoms with Gasteiger partial charge in [0, 0.05) is 10.5 Å². The summed E-state index contributed by atoms with van der Waals surface area (Å²) in [6.45, 7) is -1.69. The minimum Gasteiger partial charge on any atom is -0.316 e. The van der Waals surface area contributed by atoms with Crippen LogP contribution < -0.4 is 10.0 Å². The smallest absolute Gasteiger partial charge is 0.316 e. The highest BCUT2D eigenvalue weighted by molar-refractivity contribution is 8.13. The van der Waals surface area contributed by atoms with Gasteiger partial charge in [0.2, 0.25) is 10.0 Å². The molecule has 0 fully saturated rings. The van der Waals surface area contributed by atoms with Crippen molar-refractivity contribution in [3.63, 3.8) is 0 Å². The van der Waals surface area contributed by atoms with Gasteiger partial charge in [0.15, 0.2) is 0 Å². The zero-order valence-corrected chi connectivity index (χ0v) is 17.5. The quantitative estimate of drug-likeness (QED) is 0.469. The van der Waals surface area contributed by atoms with Gasteiger partial charge in [-0.15, -0.1) is 0 Å². The van der Waals surface area contributed by atoms with E-state index >= 15 is 0 Å². The second kappa shape index (κ2) is 9.54. The summed E-state index contributed by atoms with van der Waals surface area (Å²) in [4.78, 5) is 12.8. The summed E-state index contributed by atoms with van der Waals surface area (Å²) >= 11 is 0.905. The molecule has 0 atom stereocenters. The molecule has 0 unspecified atom stereocenters. The number of amides is 1. The van der Waals surface area contributed by atoms with E-state index in [1.54, 1.807) is 60.7 Å². The number of benzene rings is 3. The Bertz CT molecular complexity index is 1150. The molecule has 3 rings (SSSR count). The Hall–Kier alpha value is -2.82. The van der Waals surface area contributed by atoms with Crippen LogP contribution in [0, 0.1) is 0 Å². The topological polar surface area (TPSA) is 75.3 Å². The van der Waals surface area contributed by atoms with Gasteiger partial charge in [-0.05, 0) is 41.6 Å². The molecule has 0 aliphatic rings. The molecule has 31 heavy (non-hydrogen) atoms. The number of thioether (sulfide) groups is 1. The first-order valence-electron chi connectivity index (χ1n) is 8.94. The van der Waals surface area contributed by atoms with E-state index in [0.29, 0.717) is 16.0 Å². The number of carbonyl (C=O) groups excluding carboxylic acids is 1. The molecule has 0 aliphatic carbocycles. The van der Waals surface area contributed by atoms with Crippen LogP contribution in [-0.2, 0) is 10.0 Å². The van der Waals surface area contributed by atoms with Crippen molar-refractivity contribution in [2.75, 3.05) is 11.9 Å². The molecule has 162 valence electrons. The average molecular weight is 467 g/mol. The minimum absolute atomic E-state index is 0.162. The molecule has 0 bridgehead atoms. The lowest BCUT2D eigenvalue weighted by atomic mass is 10.0. The molecule has 0 spiro atoms. The molecule has 0 saturated heterocycles. The average Bonchev–Trinajstić information content (AvgIpc) is 2.73. The monoisotopic (exact) mass is 466 g/mol. The molecular weight excluding hydrogens is 449 g/mol. The van der Waals surface area contributed by atoms with Crippen LogP contribution in [0.25, 0.3) is 11.1 Å². The fraction of sp³-hybridized carbons (Fsp3) is 0.0952. The Morgan fingerprint density at radius 3 is 2.13 bits per heavy atom. The second-order valence-electron chi connectivity index (χ2n) is 6.34. The highest BCUT2D eigenvalue weighted by Crippen LogP contribution is 2.32. The van der Waals surface area contributed by atoms with Crippen LogP contribution >= 0.6 is 11.8 Å². The van der Waals surface area contributed by atoms with Crippen LogP contribution in [0.2, 0.25) is 0 Å². The van der Waals surface area contributed by atoms with E-state index < -0.39 is 32.9 Å². The summed E-state index contributed by atoms with van der Waals surface area (Å²) < 4.78 is 63.6. The number of hydrogen-bond acceptors (Lipinski definition) is 4. The molecule has 10 heteroatoms. The van der Waals surface area contributed by atoms with Crippen LogP contribution in [0.5, 0.6) is 0 Å². The number of nitrogens with one attached hydrogen (secondary N) is 2. The van der Waals surface area contributed by atoms with E-state index in [-0.39, 0.29) is 5.69 Å². The van der Waals surface area contributed by atoms with Crippen molar-refractivity contribution in [2.24, 2.45) is 0 Å². The van der Waals surface area contributed by atoms with E-state index in [1.807, 2.05) is 0 Å². The molecule has 0 aliphatic heterocycles. The minimum atomic E-state index is -4.69. The normalized spacial score (nSPS) is 11.8. The zero-order valence-electron chi connectivity index (χ0n) is 15.9. The number of halogens is 3. The molecule has 3 aromatic carbocycles. The lowest BCUT2D eigenvalue weighted by Crippen LogP contribution is -2.33. The largest absolute Gasteiger partial charge is 0.402 e. The third kappa shape index (κ3) is 6.58. The fourth-order valence-electron chi connectivity index (χ4n) is 2.65. The van der Waals surface area contributed by atoms with Crippen molar-refractivity contribution in [1.29, 1.82) is 0 Å². The van der Waals surface area contributed by atoms with E-state index in [1.165, 1.54) is 16.9 Å². The number of carbonyl (C=O) groups is 1. The fourth-order valence-corrected chi connectivity index (χ4v) is 4.36. The highest BCUT2D eigenvalue weighted by Gasteiger charge is 2.30. The Kier molecular flexibility index (Phi) is 7.04. The predicted octanol–water partition coefficient (Wildman–Crippen LogP) is 5.52. The maximum Gasteiger partial charge on any atom is 0.402 e. The maximum atomic E-state index is 12.5. The summed E-state index contributed by atoms with van der Waals surface area (Å²) in [6.07, 6.45) is -4.69. The molecule has 0 aromatic heterocycles. The number of anilines is 1. The Labute approximate surface area is 181 Å². The van der Waals surface area contributed by atoms with E-state index in [0.717, 1.165) is 17.8 Å². The lowest BCUT2D eigenvalue weighted by molar-refractivity contribution is -0.121. The third-order valence-electron chi connectivity index (χ3n) is 4.04.